The molecule has 0 saturated carbocycles. The van der Waals surface area contributed by atoms with Crippen LogP contribution in [-0.4, -0.2) is 53.3 Å². The average Bonchev–Trinajstić information content (AvgIpc) is 3.08. The van der Waals surface area contributed by atoms with Crippen LogP contribution in [0.2, 0.25) is 0 Å². The summed E-state index contributed by atoms with van der Waals surface area (Å²) in [7, 11) is 0. The van der Waals surface area contributed by atoms with Crippen molar-refractivity contribution in [3.05, 3.63) is 35.4 Å². The van der Waals surface area contributed by atoms with E-state index in [4.69, 9.17) is 0 Å². The Hall–Kier alpha value is -1.88. The van der Waals surface area contributed by atoms with Gasteiger partial charge in [-0.25, -0.2) is 0 Å². The molecule has 0 aliphatic carbocycles. The predicted molar refractivity (Wildman–Crippen MR) is 115 cm³/mol. The maximum Gasteiger partial charge on any atom is 0.255 e. The number of piperidine rings is 2. The number of nitrogens with zero attached hydrogens (tertiary/aromatic N) is 2. The molecule has 1 aromatic carbocycles. The molecule has 4 atom stereocenters. The van der Waals surface area contributed by atoms with E-state index in [2.05, 4.69) is 24.1 Å². The number of hydrogen-bond donors (Lipinski definition) is 1. The lowest BCUT2D eigenvalue weighted by atomic mass is 9.83. The number of rotatable bonds is 6. The summed E-state index contributed by atoms with van der Waals surface area (Å²) in [6.45, 7) is 7.89. The van der Waals surface area contributed by atoms with Crippen molar-refractivity contribution in [3.63, 3.8) is 0 Å². The molecule has 3 aliphatic rings. The predicted octanol–water partition coefficient (Wildman–Crippen LogP) is 3.44. The van der Waals surface area contributed by atoms with E-state index in [1.54, 1.807) is 4.90 Å². The first-order valence-electron chi connectivity index (χ1n) is 11.5. The molecule has 0 aromatic heterocycles. The fourth-order valence-corrected chi connectivity index (χ4v) is 5.58. The minimum absolute atomic E-state index is 0.00262. The Labute approximate surface area is 174 Å². The summed E-state index contributed by atoms with van der Waals surface area (Å²) in [6.07, 6.45) is 7.17. The SMILES string of the molecule is CC[C@H](C)[C@H](C(=O)NC[C@H]1CCCN2CCCC[C@@H]12)N1Cc2ccccc2C1=O. The van der Waals surface area contributed by atoms with Gasteiger partial charge in [0.1, 0.15) is 6.04 Å². The zero-order valence-electron chi connectivity index (χ0n) is 17.9. The van der Waals surface area contributed by atoms with Crippen molar-refractivity contribution in [2.24, 2.45) is 11.8 Å². The van der Waals surface area contributed by atoms with E-state index in [1.807, 2.05) is 24.3 Å². The molecule has 0 bridgehead atoms. The third-order valence-corrected chi connectivity index (χ3v) is 7.40. The van der Waals surface area contributed by atoms with Crippen molar-refractivity contribution >= 4 is 11.8 Å². The number of nitrogens with one attached hydrogen (secondary N) is 1. The van der Waals surface area contributed by atoms with E-state index < -0.39 is 6.04 Å². The standard InChI is InChI=1S/C24H35N3O2/c1-3-17(2)22(27-16-19-9-4-5-11-20(19)24(27)29)23(28)25-15-18-10-8-14-26-13-7-6-12-21(18)26/h4-5,9,11,17-18,21-22H,3,6-8,10,12-16H2,1-2H3,(H,25,28)/t17-,18+,21-,22+/m0/s1. The Kier molecular flexibility index (Phi) is 6.23. The number of carbonyl (C=O) groups excluding carboxylic acids is 2. The van der Waals surface area contributed by atoms with Crippen molar-refractivity contribution in [1.82, 2.24) is 15.1 Å². The summed E-state index contributed by atoms with van der Waals surface area (Å²) in [5, 5.41) is 3.27. The molecule has 2 amide bonds. The fraction of sp³-hybridized carbons (Fsp3) is 0.667. The van der Waals surface area contributed by atoms with Crippen molar-refractivity contribution in [2.75, 3.05) is 19.6 Å². The van der Waals surface area contributed by atoms with E-state index in [9.17, 15) is 9.59 Å². The van der Waals surface area contributed by atoms with Crippen molar-refractivity contribution in [2.45, 2.75) is 71.0 Å². The molecule has 158 valence electrons. The molecule has 4 rings (SSSR count). The van der Waals surface area contributed by atoms with Crippen molar-refractivity contribution < 1.29 is 9.59 Å². The molecule has 3 heterocycles. The van der Waals surface area contributed by atoms with Crippen LogP contribution in [0.3, 0.4) is 0 Å². The minimum Gasteiger partial charge on any atom is -0.354 e. The van der Waals surface area contributed by atoms with Crippen LogP contribution < -0.4 is 5.32 Å². The highest BCUT2D eigenvalue weighted by Gasteiger charge is 2.39. The van der Waals surface area contributed by atoms with Crippen LogP contribution in [0.1, 0.15) is 68.3 Å². The Bertz CT molecular complexity index is 747. The smallest absolute Gasteiger partial charge is 0.255 e. The highest BCUT2D eigenvalue weighted by atomic mass is 16.2. The van der Waals surface area contributed by atoms with Gasteiger partial charge < -0.3 is 15.1 Å². The van der Waals surface area contributed by atoms with Crippen LogP contribution >= 0.6 is 0 Å². The number of hydrogen-bond acceptors (Lipinski definition) is 3. The van der Waals surface area contributed by atoms with Gasteiger partial charge in [-0.2, -0.15) is 0 Å². The highest BCUT2D eigenvalue weighted by Crippen LogP contribution is 2.31. The Morgan fingerprint density at radius 1 is 1.17 bits per heavy atom. The van der Waals surface area contributed by atoms with Crippen LogP contribution in [0.25, 0.3) is 0 Å². The van der Waals surface area contributed by atoms with Crippen molar-refractivity contribution in [1.29, 1.82) is 0 Å². The summed E-state index contributed by atoms with van der Waals surface area (Å²) in [6, 6.07) is 7.97. The summed E-state index contributed by atoms with van der Waals surface area (Å²) in [4.78, 5) is 30.7. The van der Waals surface area contributed by atoms with Crippen LogP contribution in [0.15, 0.2) is 24.3 Å². The maximum absolute atomic E-state index is 13.3. The molecule has 29 heavy (non-hydrogen) atoms. The van der Waals surface area contributed by atoms with Gasteiger partial charge in [0.25, 0.3) is 5.91 Å². The van der Waals surface area contributed by atoms with E-state index in [-0.39, 0.29) is 17.7 Å². The largest absolute Gasteiger partial charge is 0.354 e. The molecule has 5 nitrogen and oxygen atoms in total. The molecule has 5 heteroatoms. The van der Waals surface area contributed by atoms with E-state index in [1.165, 1.54) is 45.2 Å². The Morgan fingerprint density at radius 3 is 2.76 bits per heavy atom. The van der Waals surface area contributed by atoms with Gasteiger partial charge in [0.15, 0.2) is 0 Å². The third-order valence-electron chi connectivity index (χ3n) is 7.40. The Morgan fingerprint density at radius 2 is 1.97 bits per heavy atom. The average molecular weight is 398 g/mol. The zero-order chi connectivity index (χ0) is 20.4. The molecule has 0 spiro atoms. The molecular formula is C24H35N3O2. The van der Waals surface area contributed by atoms with Gasteiger partial charge in [0.2, 0.25) is 5.91 Å². The first-order valence-corrected chi connectivity index (χ1v) is 11.5. The van der Waals surface area contributed by atoms with Gasteiger partial charge >= 0.3 is 0 Å². The molecule has 1 aromatic rings. The van der Waals surface area contributed by atoms with Crippen LogP contribution in [0.5, 0.6) is 0 Å². The van der Waals surface area contributed by atoms with Crippen molar-refractivity contribution in [3.8, 4) is 0 Å². The second-order valence-electron chi connectivity index (χ2n) is 9.17. The molecule has 0 unspecified atom stereocenters. The molecule has 1 N–H and O–H groups in total. The van der Waals surface area contributed by atoms with Gasteiger partial charge in [-0.3, -0.25) is 9.59 Å². The lowest BCUT2D eigenvalue weighted by Crippen LogP contribution is -2.54. The normalized spacial score (nSPS) is 26.6. The van der Waals surface area contributed by atoms with Gasteiger partial charge in [-0.05, 0) is 62.2 Å². The second-order valence-corrected chi connectivity index (χ2v) is 9.17. The van der Waals surface area contributed by atoms with E-state index in [0.717, 1.165) is 24.1 Å². The van der Waals surface area contributed by atoms with Gasteiger partial charge in [-0.15, -0.1) is 0 Å². The molecular weight excluding hydrogens is 362 g/mol. The highest BCUT2D eigenvalue weighted by molar-refractivity contribution is 6.01. The number of carbonyl (C=O) groups is 2. The summed E-state index contributed by atoms with van der Waals surface area (Å²) in [5.74, 6) is 0.688. The number of fused-ring (bicyclic) bond motifs is 2. The van der Waals surface area contributed by atoms with Crippen LogP contribution in [0.4, 0.5) is 0 Å². The lowest BCUT2D eigenvalue weighted by molar-refractivity contribution is -0.127. The molecule has 0 radical (unpaired) electrons. The minimum atomic E-state index is -0.397. The first kappa shape index (κ1) is 20.4. The molecule has 2 saturated heterocycles. The Balaban J connectivity index is 1.44. The number of amides is 2. The maximum atomic E-state index is 13.3. The fourth-order valence-electron chi connectivity index (χ4n) is 5.58. The first-order chi connectivity index (χ1) is 14.1. The summed E-state index contributed by atoms with van der Waals surface area (Å²) < 4.78 is 0. The van der Waals surface area contributed by atoms with Gasteiger partial charge in [-0.1, -0.05) is 44.9 Å². The van der Waals surface area contributed by atoms with E-state index >= 15 is 0 Å². The van der Waals surface area contributed by atoms with Crippen LogP contribution in [-0.2, 0) is 11.3 Å². The van der Waals surface area contributed by atoms with Crippen LogP contribution in [0, 0.1) is 11.8 Å². The summed E-state index contributed by atoms with van der Waals surface area (Å²) in [5.41, 5.74) is 1.78. The monoisotopic (exact) mass is 397 g/mol. The van der Waals surface area contributed by atoms with E-state index in [0.29, 0.717) is 18.5 Å². The van der Waals surface area contributed by atoms with Gasteiger partial charge in [0, 0.05) is 24.7 Å². The number of benzene rings is 1. The zero-order valence-corrected chi connectivity index (χ0v) is 17.9. The quantitative estimate of drug-likeness (QED) is 0.800. The topological polar surface area (TPSA) is 52.7 Å². The van der Waals surface area contributed by atoms with Gasteiger partial charge in [0.05, 0.1) is 0 Å². The molecule has 3 aliphatic heterocycles. The lowest BCUT2D eigenvalue weighted by Gasteiger charge is -2.44. The molecule has 2 fully saturated rings. The second kappa shape index (κ2) is 8.86. The third kappa shape index (κ3) is 4.07. The summed E-state index contributed by atoms with van der Waals surface area (Å²) >= 11 is 0.